The van der Waals surface area contributed by atoms with E-state index in [1.54, 1.807) is 24.2 Å². The lowest BCUT2D eigenvalue weighted by atomic mass is 10.1. The molecule has 3 heterocycles. The zero-order valence-corrected chi connectivity index (χ0v) is 12.8. The average Bonchev–Trinajstić information content (AvgIpc) is 2.56. The predicted octanol–water partition coefficient (Wildman–Crippen LogP) is 2.64. The van der Waals surface area contributed by atoms with Crippen molar-refractivity contribution in [1.29, 1.82) is 0 Å². The number of aromatic nitrogens is 3. The first kappa shape index (κ1) is 14.1. The molecule has 110 valence electrons. The fourth-order valence-electron chi connectivity index (χ4n) is 2.46. The molecule has 1 fully saturated rings. The molecule has 1 aliphatic heterocycles. The molecule has 1 unspecified atom stereocenters. The van der Waals surface area contributed by atoms with Crippen LogP contribution in [0.25, 0.3) is 0 Å². The molecular weight excluding hydrogens is 284 g/mol. The Kier molecular flexibility index (Phi) is 4.55. The summed E-state index contributed by atoms with van der Waals surface area (Å²) in [6.45, 7) is 1.86. The lowest BCUT2D eigenvalue weighted by Crippen LogP contribution is -2.41. The van der Waals surface area contributed by atoms with Crippen molar-refractivity contribution in [1.82, 2.24) is 15.0 Å². The molecule has 6 heteroatoms. The Balaban J connectivity index is 1.67. The van der Waals surface area contributed by atoms with Gasteiger partial charge in [0.25, 0.3) is 0 Å². The van der Waals surface area contributed by atoms with E-state index in [0.717, 1.165) is 42.7 Å². The van der Waals surface area contributed by atoms with Crippen LogP contribution in [0.1, 0.15) is 12.8 Å². The Morgan fingerprint density at radius 2 is 2.29 bits per heavy atom. The SMILES string of the molecule is CSc1nccc(N2CCCC(Oc3cccnc3)C2)n1. The van der Waals surface area contributed by atoms with E-state index in [0.29, 0.717) is 0 Å². The van der Waals surface area contributed by atoms with Crippen molar-refractivity contribution in [2.75, 3.05) is 24.2 Å². The van der Waals surface area contributed by atoms with Crippen LogP contribution in [0.3, 0.4) is 0 Å². The summed E-state index contributed by atoms with van der Waals surface area (Å²) < 4.78 is 6.01. The van der Waals surface area contributed by atoms with Crippen LogP contribution in [-0.4, -0.2) is 40.4 Å². The van der Waals surface area contributed by atoms with Gasteiger partial charge in [-0.1, -0.05) is 11.8 Å². The molecular formula is C15H18N4OS. The van der Waals surface area contributed by atoms with Gasteiger partial charge < -0.3 is 9.64 Å². The van der Waals surface area contributed by atoms with Gasteiger partial charge in [0.2, 0.25) is 0 Å². The number of pyridine rings is 1. The highest BCUT2D eigenvalue weighted by Gasteiger charge is 2.22. The monoisotopic (exact) mass is 302 g/mol. The molecule has 21 heavy (non-hydrogen) atoms. The lowest BCUT2D eigenvalue weighted by Gasteiger charge is -2.33. The minimum absolute atomic E-state index is 0.177. The zero-order chi connectivity index (χ0) is 14.5. The second-order valence-electron chi connectivity index (χ2n) is 4.92. The standard InChI is InChI=1S/C15H18N4OS/c1-21-15-17-8-6-14(18-15)19-9-3-5-13(11-19)20-12-4-2-7-16-10-12/h2,4,6-8,10,13H,3,5,9,11H2,1H3. The van der Waals surface area contributed by atoms with E-state index in [2.05, 4.69) is 19.9 Å². The second kappa shape index (κ2) is 6.76. The molecule has 3 rings (SSSR count). The van der Waals surface area contributed by atoms with Crippen molar-refractivity contribution in [3.8, 4) is 5.75 Å². The van der Waals surface area contributed by atoms with Crippen LogP contribution in [0.2, 0.25) is 0 Å². The molecule has 0 saturated carbocycles. The number of ether oxygens (including phenoxy) is 1. The number of hydrogen-bond acceptors (Lipinski definition) is 6. The maximum Gasteiger partial charge on any atom is 0.189 e. The molecule has 0 aromatic carbocycles. The van der Waals surface area contributed by atoms with Gasteiger partial charge in [-0.25, -0.2) is 9.97 Å². The molecule has 1 aliphatic rings. The summed E-state index contributed by atoms with van der Waals surface area (Å²) >= 11 is 1.56. The topological polar surface area (TPSA) is 51.1 Å². The second-order valence-corrected chi connectivity index (χ2v) is 5.69. The summed E-state index contributed by atoms with van der Waals surface area (Å²) in [6.07, 6.45) is 9.66. The Morgan fingerprint density at radius 1 is 1.33 bits per heavy atom. The first-order valence-corrected chi connectivity index (χ1v) is 8.26. The largest absolute Gasteiger partial charge is 0.487 e. The fraction of sp³-hybridized carbons (Fsp3) is 0.400. The maximum atomic E-state index is 6.01. The minimum Gasteiger partial charge on any atom is -0.487 e. The molecule has 5 nitrogen and oxygen atoms in total. The normalized spacial score (nSPS) is 18.5. The van der Waals surface area contributed by atoms with Gasteiger partial charge in [-0.15, -0.1) is 0 Å². The van der Waals surface area contributed by atoms with Crippen LogP contribution in [0.15, 0.2) is 41.9 Å². The van der Waals surface area contributed by atoms with Crippen molar-refractivity contribution in [2.24, 2.45) is 0 Å². The number of hydrogen-bond donors (Lipinski definition) is 0. The van der Waals surface area contributed by atoms with E-state index in [9.17, 15) is 0 Å². The molecule has 1 saturated heterocycles. The highest BCUT2D eigenvalue weighted by atomic mass is 32.2. The van der Waals surface area contributed by atoms with E-state index < -0.39 is 0 Å². The van der Waals surface area contributed by atoms with Crippen molar-refractivity contribution in [3.05, 3.63) is 36.8 Å². The van der Waals surface area contributed by atoms with Crippen LogP contribution < -0.4 is 9.64 Å². The summed E-state index contributed by atoms with van der Waals surface area (Å²) in [4.78, 5) is 15.1. The van der Waals surface area contributed by atoms with Crippen molar-refractivity contribution < 1.29 is 4.74 Å². The van der Waals surface area contributed by atoms with Crippen LogP contribution >= 0.6 is 11.8 Å². The molecule has 0 bridgehead atoms. The van der Waals surface area contributed by atoms with Gasteiger partial charge in [0.15, 0.2) is 5.16 Å². The van der Waals surface area contributed by atoms with Gasteiger partial charge >= 0.3 is 0 Å². The van der Waals surface area contributed by atoms with Gasteiger partial charge in [-0.05, 0) is 37.3 Å². The summed E-state index contributed by atoms with van der Waals surface area (Å²) in [5.74, 6) is 1.81. The lowest BCUT2D eigenvalue weighted by molar-refractivity contribution is 0.178. The van der Waals surface area contributed by atoms with Gasteiger partial charge in [0.1, 0.15) is 17.7 Å². The van der Waals surface area contributed by atoms with Crippen LogP contribution in [0, 0.1) is 0 Å². The molecule has 0 spiro atoms. The quantitative estimate of drug-likeness (QED) is 0.639. The average molecular weight is 302 g/mol. The van der Waals surface area contributed by atoms with E-state index in [-0.39, 0.29) is 6.10 Å². The molecule has 2 aromatic heterocycles. The highest BCUT2D eigenvalue weighted by Crippen LogP contribution is 2.22. The predicted molar refractivity (Wildman–Crippen MR) is 83.9 cm³/mol. The molecule has 0 aliphatic carbocycles. The summed E-state index contributed by atoms with van der Waals surface area (Å²) in [5, 5.41) is 0.808. The number of nitrogens with zero attached hydrogens (tertiary/aromatic N) is 4. The Labute approximate surface area is 128 Å². The third-order valence-electron chi connectivity index (χ3n) is 3.44. The number of piperidine rings is 1. The first-order chi connectivity index (χ1) is 10.3. The van der Waals surface area contributed by atoms with Gasteiger partial charge in [-0.3, -0.25) is 4.98 Å². The minimum atomic E-state index is 0.177. The Bertz CT molecular complexity index is 581. The molecule has 0 radical (unpaired) electrons. The fourth-order valence-corrected chi connectivity index (χ4v) is 2.81. The van der Waals surface area contributed by atoms with Gasteiger partial charge in [-0.2, -0.15) is 0 Å². The Hall–Kier alpha value is -1.82. The third kappa shape index (κ3) is 3.64. The summed E-state index contributed by atoms with van der Waals surface area (Å²) in [5.41, 5.74) is 0. The maximum absolute atomic E-state index is 6.01. The van der Waals surface area contributed by atoms with Crippen molar-refractivity contribution in [2.45, 2.75) is 24.1 Å². The molecule has 0 N–H and O–H groups in total. The third-order valence-corrected chi connectivity index (χ3v) is 4.00. The number of thioether (sulfide) groups is 1. The molecule has 1 atom stereocenters. The van der Waals surface area contributed by atoms with Gasteiger partial charge in [0.05, 0.1) is 12.7 Å². The number of rotatable bonds is 4. The van der Waals surface area contributed by atoms with E-state index in [1.165, 1.54) is 0 Å². The summed E-state index contributed by atoms with van der Waals surface area (Å²) in [7, 11) is 0. The van der Waals surface area contributed by atoms with Crippen LogP contribution in [0.4, 0.5) is 5.82 Å². The first-order valence-electron chi connectivity index (χ1n) is 7.04. The number of anilines is 1. The Morgan fingerprint density at radius 3 is 3.10 bits per heavy atom. The summed E-state index contributed by atoms with van der Waals surface area (Å²) in [6, 6.07) is 5.81. The van der Waals surface area contributed by atoms with Crippen LogP contribution in [0.5, 0.6) is 5.75 Å². The van der Waals surface area contributed by atoms with E-state index >= 15 is 0 Å². The smallest absolute Gasteiger partial charge is 0.189 e. The van der Waals surface area contributed by atoms with Crippen molar-refractivity contribution >= 4 is 17.6 Å². The van der Waals surface area contributed by atoms with Crippen LogP contribution in [-0.2, 0) is 0 Å². The zero-order valence-electron chi connectivity index (χ0n) is 12.0. The molecule has 2 aromatic rings. The molecule has 0 amide bonds. The highest BCUT2D eigenvalue weighted by molar-refractivity contribution is 7.98. The van der Waals surface area contributed by atoms with Gasteiger partial charge in [0, 0.05) is 18.9 Å². The van der Waals surface area contributed by atoms with Crippen molar-refractivity contribution in [3.63, 3.8) is 0 Å². The van der Waals surface area contributed by atoms with E-state index in [1.807, 2.05) is 30.7 Å². The van der Waals surface area contributed by atoms with E-state index in [4.69, 9.17) is 4.74 Å².